The summed E-state index contributed by atoms with van der Waals surface area (Å²) in [5, 5.41) is 13.4. The van der Waals surface area contributed by atoms with E-state index >= 15 is 0 Å². The molecular weight excluding hydrogens is 334 g/mol. The van der Waals surface area contributed by atoms with Crippen molar-refractivity contribution < 1.29 is 4.52 Å². The minimum atomic E-state index is 0.527. The summed E-state index contributed by atoms with van der Waals surface area (Å²) < 4.78 is 7.30. The lowest BCUT2D eigenvalue weighted by Crippen LogP contribution is -1.95. The smallest absolute Gasteiger partial charge is 0.257 e. The Labute approximate surface area is 148 Å². The van der Waals surface area contributed by atoms with Crippen LogP contribution >= 0.6 is 11.8 Å². The fourth-order valence-corrected chi connectivity index (χ4v) is 3.17. The average Bonchev–Trinajstić information content (AvgIpc) is 3.28. The molecule has 6 nitrogen and oxygen atoms in total. The summed E-state index contributed by atoms with van der Waals surface area (Å²) in [6.45, 7) is 0. The summed E-state index contributed by atoms with van der Waals surface area (Å²) in [7, 11) is 1.95. The highest BCUT2D eigenvalue weighted by atomic mass is 32.2. The van der Waals surface area contributed by atoms with E-state index in [-0.39, 0.29) is 0 Å². The lowest BCUT2D eigenvalue weighted by atomic mass is 10.2. The van der Waals surface area contributed by atoms with Gasteiger partial charge in [-0.15, -0.1) is 10.2 Å². The molecule has 0 bridgehead atoms. The molecule has 0 N–H and O–H groups in total. The van der Waals surface area contributed by atoms with Crippen LogP contribution in [-0.4, -0.2) is 24.9 Å². The maximum Gasteiger partial charge on any atom is 0.257 e. The Balaban J connectivity index is 1.48. The first-order valence-corrected chi connectivity index (χ1v) is 8.75. The van der Waals surface area contributed by atoms with Crippen molar-refractivity contribution in [2.75, 3.05) is 0 Å². The lowest BCUT2D eigenvalue weighted by Gasteiger charge is -2.02. The Kier molecular flexibility index (Phi) is 4.30. The van der Waals surface area contributed by atoms with Crippen molar-refractivity contribution in [2.24, 2.45) is 7.05 Å². The number of benzene rings is 2. The Morgan fingerprint density at radius 1 is 0.920 bits per heavy atom. The van der Waals surface area contributed by atoms with E-state index in [0.29, 0.717) is 17.5 Å². The Morgan fingerprint density at radius 3 is 2.32 bits per heavy atom. The number of rotatable bonds is 5. The molecule has 0 amide bonds. The summed E-state index contributed by atoms with van der Waals surface area (Å²) >= 11 is 1.53. The predicted octanol–water partition coefficient (Wildman–Crippen LogP) is 3.82. The largest absolute Gasteiger partial charge is 0.334 e. The van der Waals surface area contributed by atoms with Crippen molar-refractivity contribution in [3.63, 3.8) is 0 Å². The summed E-state index contributed by atoms with van der Waals surface area (Å²) in [5.41, 5.74) is 1.95. The van der Waals surface area contributed by atoms with E-state index in [4.69, 9.17) is 4.52 Å². The van der Waals surface area contributed by atoms with Crippen LogP contribution in [0.2, 0.25) is 0 Å². The van der Waals surface area contributed by atoms with Gasteiger partial charge in [0.1, 0.15) is 0 Å². The molecule has 0 saturated carbocycles. The van der Waals surface area contributed by atoms with Crippen LogP contribution in [-0.2, 0) is 12.8 Å². The fraction of sp³-hybridized carbons (Fsp3) is 0.111. The van der Waals surface area contributed by atoms with E-state index in [0.717, 1.165) is 22.1 Å². The first kappa shape index (κ1) is 15.6. The maximum absolute atomic E-state index is 5.33. The van der Waals surface area contributed by atoms with Crippen LogP contribution in [0.1, 0.15) is 5.82 Å². The molecule has 0 aliphatic carbocycles. The maximum atomic E-state index is 5.33. The van der Waals surface area contributed by atoms with E-state index in [1.54, 1.807) is 0 Å². The number of aromatic nitrogens is 5. The summed E-state index contributed by atoms with van der Waals surface area (Å²) in [6, 6.07) is 19.7. The topological polar surface area (TPSA) is 69.6 Å². The second kappa shape index (κ2) is 6.90. The minimum absolute atomic E-state index is 0.527. The summed E-state index contributed by atoms with van der Waals surface area (Å²) in [4.78, 5) is 4.43. The molecule has 0 aliphatic heterocycles. The molecule has 7 heteroatoms. The van der Waals surface area contributed by atoms with Gasteiger partial charge in [0, 0.05) is 18.2 Å². The molecule has 0 saturated heterocycles. The molecule has 2 heterocycles. The molecule has 0 radical (unpaired) electrons. The van der Waals surface area contributed by atoms with Crippen molar-refractivity contribution >= 4 is 11.8 Å². The quantitative estimate of drug-likeness (QED) is 0.510. The average molecular weight is 349 g/mol. The lowest BCUT2D eigenvalue weighted by molar-refractivity contribution is 0.425. The highest BCUT2D eigenvalue weighted by molar-refractivity contribution is 7.98. The molecule has 2 aromatic carbocycles. The molecule has 0 unspecified atom stereocenters. The van der Waals surface area contributed by atoms with Gasteiger partial charge in [0.05, 0.1) is 5.75 Å². The molecule has 4 aromatic rings. The van der Waals surface area contributed by atoms with Crippen molar-refractivity contribution in [1.29, 1.82) is 0 Å². The van der Waals surface area contributed by atoms with Gasteiger partial charge in [-0.05, 0) is 12.1 Å². The van der Waals surface area contributed by atoms with Gasteiger partial charge in [-0.1, -0.05) is 65.4 Å². The molecule has 0 spiro atoms. The molecule has 0 aliphatic rings. The summed E-state index contributed by atoms with van der Waals surface area (Å²) in [6.07, 6.45) is 0. The van der Waals surface area contributed by atoms with Gasteiger partial charge in [0.25, 0.3) is 5.89 Å². The van der Waals surface area contributed by atoms with Gasteiger partial charge in [-0.3, -0.25) is 0 Å². The minimum Gasteiger partial charge on any atom is -0.334 e. The number of hydrogen-bond donors (Lipinski definition) is 0. The molecule has 25 heavy (non-hydrogen) atoms. The standard InChI is InChI=1S/C18H15N5OS/c1-23-16(13-8-4-2-5-9-13)20-21-18(23)25-12-15-19-17(24-22-15)14-10-6-3-7-11-14/h2-11H,12H2,1H3. The van der Waals surface area contributed by atoms with Gasteiger partial charge in [0.2, 0.25) is 0 Å². The first-order chi connectivity index (χ1) is 12.3. The van der Waals surface area contributed by atoms with Crippen LogP contribution in [0.5, 0.6) is 0 Å². The van der Waals surface area contributed by atoms with E-state index < -0.39 is 0 Å². The van der Waals surface area contributed by atoms with Gasteiger partial charge in [-0.25, -0.2) is 0 Å². The molecule has 2 aromatic heterocycles. The van der Waals surface area contributed by atoms with Gasteiger partial charge < -0.3 is 9.09 Å². The Bertz CT molecular complexity index is 966. The molecule has 124 valence electrons. The summed E-state index contributed by atoms with van der Waals surface area (Å²) in [5.74, 6) is 2.56. The first-order valence-electron chi connectivity index (χ1n) is 7.77. The zero-order valence-electron chi connectivity index (χ0n) is 13.5. The molecule has 0 atom stereocenters. The van der Waals surface area contributed by atoms with E-state index in [1.807, 2.05) is 72.3 Å². The molecular formula is C18H15N5OS. The van der Waals surface area contributed by atoms with Crippen LogP contribution in [0.4, 0.5) is 0 Å². The van der Waals surface area contributed by atoms with Crippen molar-refractivity contribution in [3.05, 3.63) is 66.5 Å². The zero-order chi connectivity index (χ0) is 17.1. The SMILES string of the molecule is Cn1c(SCc2noc(-c3ccccc3)n2)nnc1-c1ccccc1. The van der Waals surface area contributed by atoms with Gasteiger partial charge in [-0.2, -0.15) is 4.98 Å². The number of thioether (sulfide) groups is 1. The Hall–Kier alpha value is -2.93. The number of hydrogen-bond acceptors (Lipinski definition) is 6. The molecule has 4 rings (SSSR count). The normalized spacial score (nSPS) is 10.9. The second-order valence-electron chi connectivity index (χ2n) is 5.40. The van der Waals surface area contributed by atoms with E-state index in [2.05, 4.69) is 20.3 Å². The molecule has 0 fully saturated rings. The third-order valence-electron chi connectivity index (χ3n) is 3.69. The van der Waals surface area contributed by atoms with E-state index in [1.165, 1.54) is 11.8 Å². The van der Waals surface area contributed by atoms with Crippen LogP contribution < -0.4 is 0 Å². The number of nitrogens with zero attached hydrogens (tertiary/aromatic N) is 5. The van der Waals surface area contributed by atoms with Gasteiger partial charge in [0.15, 0.2) is 16.8 Å². The van der Waals surface area contributed by atoms with Crippen LogP contribution in [0.3, 0.4) is 0 Å². The third-order valence-corrected chi connectivity index (χ3v) is 4.70. The van der Waals surface area contributed by atoms with Crippen LogP contribution in [0, 0.1) is 0 Å². The van der Waals surface area contributed by atoms with Crippen LogP contribution in [0.25, 0.3) is 22.8 Å². The predicted molar refractivity (Wildman–Crippen MR) is 95.7 cm³/mol. The van der Waals surface area contributed by atoms with Crippen molar-refractivity contribution in [1.82, 2.24) is 24.9 Å². The van der Waals surface area contributed by atoms with E-state index in [9.17, 15) is 0 Å². The second-order valence-corrected chi connectivity index (χ2v) is 6.34. The highest BCUT2D eigenvalue weighted by Gasteiger charge is 2.13. The monoisotopic (exact) mass is 349 g/mol. The third kappa shape index (κ3) is 3.32. The highest BCUT2D eigenvalue weighted by Crippen LogP contribution is 2.25. The van der Waals surface area contributed by atoms with Crippen LogP contribution in [0.15, 0.2) is 70.3 Å². The van der Waals surface area contributed by atoms with Crippen molar-refractivity contribution in [2.45, 2.75) is 10.9 Å². The fourth-order valence-electron chi connectivity index (χ4n) is 2.42. The zero-order valence-corrected chi connectivity index (χ0v) is 14.3. The van der Waals surface area contributed by atoms with Gasteiger partial charge >= 0.3 is 0 Å². The van der Waals surface area contributed by atoms with Crippen molar-refractivity contribution in [3.8, 4) is 22.8 Å². The Morgan fingerprint density at radius 2 is 1.60 bits per heavy atom.